The molecule has 0 saturated heterocycles. The minimum Gasteiger partial charge on any atom is -0.486 e. The Hall–Kier alpha value is -2.77. The fourth-order valence-electron chi connectivity index (χ4n) is 2.44. The maximum absolute atomic E-state index is 12.4. The number of aromatic nitrogens is 1. The number of ether oxygens (including phenoxy) is 2. The molecule has 3 aromatic rings. The highest BCUT2D eigenvalue weighted by Gasteiger charge is 2.15. The Labute approximate surface area is 158 Å². The molecule has 8 heteroatoms. The average molecular weight is 388 g/mol. The van der Waals surface area contributed by atoms with E-state index in [9.17, 15) is 4.79 Å². The van der Waals surface area contributed by atoms with Gasteiger partial charge in [0.05, 0.1) is 0 Å². The third kappa shape index (κ3) is 3.74. The highest BCUT2D eigenvalue weighted by Crippen LogP contribution is 2.32. The number of fused-ring (bicyclic) bond motifs is 1. The minimum atomic E-state index is -0.294. The van der Waals surface area contributed by atoms with E-state index in [2.05, 4.69) is 15.6 Å². The van der Waals surface area contributed by atoms with Crippen molar-refractivity contribution in [1.29, 1.82) is 0 Å². The summed E-state index contributed by atoms with van der Waals surface area (Å²) in [5.74, 6) is 1.00. The van der Waals surface area contributed by atoms with Crippen LogP contribution in [0, 0.1) is 0 Å². The van der Waals surface area contributed by atoms with Crippen LogP contribution in [0.1, 0.15) is 10.5 Å². The van der Waals surface area contributed by atoms with Gasteiger partial charge in [0, 0.05) is 27.8 Å². The van der Waals surface area contributed by atoms with Gasteiger partial charge in [0.15, 0.2) is 16.6 Å². The van der Waals surface area contributed by atoms with E-state index in [0.717, 1.165) is 5.69 Å². The van der Waals surface area contributed by atoms with Crippen molar-refractivity contribution in [2.24, 2.45) is 0 Å². The lowest BCUT2D eigenvalue weighted by atomic mass is 10.2. The van der Waals surface area contributed by atoms with Crippen molar-refractivity contribution < 1.29 is 14.3 Å². The SMILES string of the molecule is O=C(Nc1ccc2c(c1)OCCO2)c1csc(Nc2cccc(Cl)c2)n1. The summed E-state index contributed by atoms with van der Waals surface area (Å²) in [6.45, 7) is 1.02. The fraction of sp³-hybridized carbons (Fsp3) is 0.111. The molecule has 1 aliphatic heterocycles. The number of halogens is 1. The van der Waals surface area contributed by atoms with Crippen LogP contribution in [0.4, 0.5) is 16.5 Å². The van der Waals surface area contributed by atoms with Crippen LogP contribution in [0.2, 0.25) is 5.02 Å². The molecule has 1 aromatic heterocycles. The number of anilines is 3. The molecule has 6 nitrogen and oxygen atoms in total. The zero-order chi connectivity index (χ0) is 17.9. The average Bonchev–Trinajstić information content (AvgIpc) is 3.10. The molecule has 0 spiro atoms. The Morgan fingerprint density at radius 3 is 2.77 bits per heavy atom. The fourth-order valence-corrected chi connectivity index (χ4v) is 3.34. The Balaban J connectivity index is 1.45. The van der Waals surface area contributed by atoms with Crippen molar-refractivity contribution in [3.8, 4) is 11.5 Å². The van der Waals surface area contributed by atoms with Gasteiger partial charge in [-0.25, -0.2) is 4.98 Å². The molecule has 1 aliphatic rings. The molecule has 1 amide bonds. The third-order valence-corrected chi connectivity index (χ3v) is 4.61. The van der Waals surface area contributed by atoms with Crippen LogP contribution >= 0.6 is 22.9 Å². The molecule has 0 aliphatic carbocycles. The quantitative estimate of drug-likeness (QED) is 0.686. The Bertz CT molecular complexity index is 960. The van der Waals surface area contributed by atoms with Crippen molar-refractivity contribution >= 4 is 45.4 Å². The lowest BCUT2D eigenvalue weighted by Crippen LogP contribution is -2.16. The molecule has 26 heavy (non-hydrogen) atoms. The van der Waals surface area contributed by atoms with Crippen LogP contribution < -0.4 is 20.1 Å². The van der Waals surface area contributed by atoms with Crippen molar-refractivity contribution in [3.63, 3.8) is 0 Å². The number of hydrogen-bond acceptors (Lipinski definition) is 6. The summed E-state index contributed by atoms with van der Waals surface area (Å²) in [5, 5.41) is 8.88. The smallest absolute Gasteiger partial charge is 0.275 e. The molecule has 0 saturated carbocycles. The second-order valence-corrected chi connectivity index (χ2v) is 6.78. The van der Waals surface area contributed by atoms with Gasteiger partial charge in [-0.2, -0.15) is 0 Å². The highest BCUT2D eigenvalue weighted by molar-refractivity contribution is 7.14. The van der Waals surface area contributed by atoms with Crippen molar-refractivity contribution in [2.75, 3.05) is 23.8 Å². The van der Waals surface area contributed by atoms with Gasteiger partial charge in [0.2, 0.25) is 0 Å². The molecule has 2 heterocycles. The first-order valence-corrected chi connectivity index (χ1v) is 9.12. The van der Waals surface area contributed by atoms with E-state index in [-0.39, 0.29) is 5.91 Å². The Kier molecular flexibility index (Phi) is 4.64. The summed E-state index contributed by atoms with van der Waals surface area (Å²) in [4.78, 5) is 16.7. The van der Waals surface area contributed by atoms with E-state index in [1.54, 1.807) is 35.7 Å². The van der Waals surface area contributed by atoms with Crippen molar-refractivity contribution in [2.45, 2.75) is 0 Å². The summed E-state index contributed by atoms with van der Waals surface area (Å²) in [6, 6.07) is 12.6. The maximum Gasteiger partial charge on any atom is 0.275 e. The molecule has 2 aromatic carbocycles. The molecule has 0 fully saturated rings. The molecule has 2 N–H and O–H groups in total. The molecular weight excluding hydrogens is 374 g/mol. The molecule has 0 radical (unpaired) electrons. The van der Waals surface area contributed by atoms with Crippen LogP contribution in [0.15, 0.2) is 47.8 Å². The van der Waals surface area contributed by atoms with Crippen LogP contribution in [-0.4, -0.2) is 24.1 Å². The van der Waals surface area contributed by atoms with Gasteiger partial charge >= 0.3 is 0 Å². The first-order valence-electron chi connectivity index (χ1n) is 7.86. The number of rotatable bonds is 4. The molecular formula is C18H14ClN3O3S. The van der Waals surface area contributed by atoms with Gasteiger partial charge in [-0.3, -0.25) is 4.79 Å². The number of carbonyl (C=O) groups excluding carboxylic acids is 1. The zero-order valence-electron chi connectivity index (χ0n) is 13.5. The van der Waals surface area contributed by atoms with E-state index in [1.807, 2.05) is 12.1 Å². The highest BCUT2D eigenvalue weighted by atomic mass is 35.5. The van der Waals surface area contributed by atoms with Gasteiger partial charge in [-0.05, 0) is 30.3 Å². The van der Waals surface area contributed by atoms with Crippen LogP contribution in [0.3, 0.4) is 0 Å². The lowest BCUT2D eigenvalue weighted by molar-refractivity contribution is 0.102. The largest absolute Gasteiger partial charge is 0.486 e. The number of nitrogens with one attached hydrogen (secondary N) is 2. The molecule has 0 atom stereocenters. The second-order valence-electron chi connectivity index (χ2n) is 5.49. The number of carbonyl (C=O) groups is 1. The molecule has 4 rings (SSSR count). The predicted octanol–water partition coefficient (Wildman–Crippen LogP) is 4.56. The molecule has 0 unspecified atom stereocenters. The van der Waals surface area contributed by atoms with Gasteiger partial charge in [-0.1, -0.05) is 17.7 Å². The van der Waals surface area contributed by atoms with Crippen LogP contribution in [0.5, 0.6) is 11.5 Å². The number of benzene rings is 2. The Morgan fingerprint density at radius 2 is 1.92 bits per heavy atom. The van der Waals surface area contributed by atoms with Crippen LogP contribution in [0.25, 0.3) is 0 Å². The summed E-state index contributed by atoms with van der Waals surface area (Å²) in [5.41, 5.74) is 1.76. The minimum absolute atomic E-state index is 0.294. The van der Waals surface area contributed by atoms with E-state index in [0.29, 0.717) is 46.2 Å². The third-order valence-electron chi connectivity index (χ3n) is 3.61. The summed E-state index contributed by atoms with van der Waals surface area (Å²) < 4.78 is 11.0. The van der Waals surface area contributed by atoms with Gasteiger partial charge < -0.3 is 20.1 Å². The summed E-state index contributed by atoms with van der Waals surface area (Å²) in [7, 11) is 0. The number of thiazole rings is 1. The normalized spacial score (nSPS) is 12.5. The number of hydrogen-bond donors (Lipinski definition) is 2. The van der Waals surface area contributed by atoms with E-state index >= 15 is 0 Å². The van der Waals surface area contributed by atoms with Gasteiger partial charge in [0.25, 0.3) is 5.91 Å². The summed E-state index contributed by atoms with van der Waals surface area (Å²) in [6.07, 6.45) is 0. The van der Waals surface area contributed by atoms with Crippen LogP contribution in [-0.2, 0) is 0 Å². The zero-order valence-corrected chi connectivity index (χ0v) is 15.1. The van der Waals surface area contributed by atoms with Gasteiger partial charge in [0.1, 0.15) is 18.9 Å². The molecule has 0 bridgehead atoms. The Morgan fingerprint density at radius 1 is 1.08 bits per heavy atom. The predicted molar refractivity (Wildman–Crippen MR) is 102 cm³/mol. The lowest BCUT2D eigenvalue weighted by Gasteiger charge is -2.18. The monoisotopic (exact) mass is 387 g/mol. The first kappa shape index (κ1) is 16.7. The van der Waals surface area contributed by atoms with E-state index in [1.165, 1.54) is 11.3 Å². The summed E-state index contributed by atoms with van der Waals surface area (Å²) >= 11 is 7.31. The standard InChI is InChI=1S/C18H14ClN3O3S/c19-11-2-1-3-12(8-11)21-18-22-14(10-26-18)17(23)20-13-4-5-15-16(9-13)25-7-6-24-15/h1-5,8-10H,6-7H2,(H,20,23)(H,21,22). The van der Waals surface area contributed by atoms with E-state index < -0.39 is 0 Å². The number of amides is 1. The van der Waals surface area contributed by atoms with Crippen molar-refractivity contribution in [1.82, 2.24) is 4.98 Å². The van der Waals surface area contributed by atoms with Gasteiger partial charge in [-0.15, -0.1) is 11.3 Å². The number of nitrogens with zero attached hydrogens (tertiary/aromatic N) is 1. The topological polar surface area (TPSA) is 72.5 Å². The molecule has 132 valence electrons. The van der Waals surface area contributed by atoms with Crippen molar-refractivity contribution in [3.05, 3.63) is 58.6 Å². The maximum atomic E-state index is 12.4. The second kappa shape index (κ2) is 7.23. The first-order chi connectivity index (χ1) is 12.7. The van der Waals surface area contributed by atoms with E-state index in [4.69, 9.17) is 21.1 Å².